The number of benzene rings is 1. The summed E-state index contributed by atoms with van der Waals surface area (Å²) in [5, 5.41) is 68.9. The zero-order valence-corrected chi connectivity index (χ0v) is 23.3. The van der Waals surface area contributed by atoms with E-state index in [1.807, 2.05) is 0 Å². The van der Waals surface area contributed by atoms with Gasteiger partial charge in [-0.15, -0.1) is 0 Å². The Hall–Kier alpha value is -2.97. The van der Waals surface area contributed by atoms with Gasteiger partial charge in [-0.3, -0.25) is 4.79 Å². The second-order valence-electron chi connectivity index (χ2n) is 11.5. The molecular formula is C30H36O12. The van der Waals surface area contributed by atoms with E-state index in [-0.39, 0.29) is 30.9 Å². The Morgan fingerprint density at radius 2 is 1.88 bits per heavy atom. The topological polar surface area (TPSA) is 189 Å². The van der Waals surface area contributed by atoms with Gasteiger partial charge in [0.25, 0.3) is 0 Å². The molecule has 2 aromatic rings. The molecule has 1 aliphatic heterocycles. The lowest BCUT2D eigenvalue weighted by Crippen LogP contribution is -2.85. The van der Waals surface area contributed by atoms with Crippen molar-refractivity contribution in [2.24, 2.45) is 23.2 Å². The first kappa shape index (κ1) is 29.1. The number of methoxy groups -OCH3 is 1. The van der Waals surface area contributed by atoms with Crippen LogP contribution in [0.15, 0.2) is 47.1 Å². The smallest absolute Gasteiger partial charge is 0.306 e. The first-order valence-corrected chi connectivity index (χ1v) is 14.1. The number of esters is 1. The van der Waals surface area contributed by atoms with Gasteiger partial charge >= 0.3 is 5.97 Å². The molecule has 2 fully saturated rings. The number of rotatable bonds is 9. The number of carbonyl (C=O) groups excluding carboxylic acids is 1. The first-order chi connectivity index (χ1) is 20.1. The van der Waals surface area contributed by atoms with Crippen molar-refractivity contribution in [1.82, 2.24) is 0 Å². The number of furan rings is 1. The Balaban J connectivity index is 1.50. The first-order valence-electron chi connectivity index (χ1n) is 14.1. The van der Waals surface area contributed by atoms with Gasteiger partial charge in [0.15, 0.2) is 16.9 Å². The summed E-state index contributed by atoms with van der Waals surface area (Å²) in [6, 6.07) is 3.44. The summed E-state index contributed by atoms with van der Waals surface area (Å²) in [6.07, 6.45) is 1.62. The van der Waals surface area contributed by atoms with E-state index in [9.17, 15) is 35.4 Å². The number of allylic oxidation sites excluding steroid dienone is 1. The van der Waals surface area contributed by atoms with Gasteiger partial charge in [-0.25, -0.2) is 0 Å². The van der Waals surface area contributed by atoms with Crippen LogP contribution in [0.2, 0.25) is 0 Å². The SMILES string of the molecule is CCOC(=O)CCc1cc2ccoc2c(OC)c1O[C@H]1O[C@H](CO)[C@]2(O)[C@H](O)[C@]1(O)[C@H]1[C@@H]3C=C[C@H](O)[C@]1(CO)C=C[C@H]32. The monoisotopic (exact) mass is 588 g/mol. The molecule has 0 amide bonds. The van der Waals surface area contributed by atoms with Crippen LogP contribution in [0.3, 0.4) is 0 Å². The molecule has 42 heavy (non-hydrogen) atoms. The summed E-state index contributed by atoms with van der Waals surface area (Å²) in [4.78, 5) is 12.2. The average molecular weight is 589 g/mol. The van der Waals surface area contributed by atoms with E-state index in [4.69, 9.17) is 23.4 Å². The van der Waals surface area contributed by atoms with E-state index >= 15 is 0 Å². The van der Waals surface area contributed by atoms with Crippen molar-refractivity contribution in [2.45, 2.75) is 55.6 Å². The zero-order chi connectivity index (χ0) is 30.0. The highest BCUT2D eigenvalue weighted by Crippen LogP contribution is 2.64. The van der Waals surface area contributed by atoms with Gasteiger partial charge in [-0.2, -0.15) is 0 Å². The number of aliphatic hydroxyl groups excluding tert-OH is 4. The largest absolute Gasteiger partial charge is 0.490 e. The lowest BCUT2D eigenvalue weighted by atomic mass is 9.42. The third-order valence-electron chi connectivity index (χ3n) is 9.65. The quantitative estimate of drug-likeness (QED) is 0.173. The van der Waals surface area contributed by atoms with Gasteiger partial charge in [-0.05, 0) is 37.0 Å². The van der Waals surface area contributed by atoms with E-state index < -0.39 is 78.2 Å². The van der Waals surface area contributed by atoms with Crippen LogP contribution in [0.25, 0.3) is 11.0 Å². The van der Waals surface area contributed by atoms with E-state index in [1.165, 1.54) is 19.4 Å². The van der Waals surface area contributed by atoms with E-state index in [0.29, 0.717) is 16.5 Å². The van der Waals surface area contributed by atoms with E-state index in [1.54, 1.807) is 37.3 Å². The molecular weight excluding hydrogens is 552 g/mol. The van der Waals surface area contributed by atoms with Crippen LogP contribution in [0.1, 0.15) is 18.9 Å². The van der Waals surface area contributed by atoms with Crippen LogP contribution in [0, 0.1) is 23.2 Å². The minimum absolute atomic E-state index is 0.00404. The Morgan fingerprint density at radius 1 is 1.10 bits per heavy atom. The van der Waals surface area contributed by atoms with Gasteiger partial charge in [0, 0.05) is 29.1 Å². The molecule has 6 rings (SSSR count). The highest BCUT2D eigenvalue weighted by molar-refractivity contribution is 5.87. The van der Waals surface area contributed by atoms with Crippen molar-refractivity contribution in [3.63, 3.8) is 0 Å². The summed E-state index contributed by atoms with van der Waals surface area (Å²) in [6.45, 7) is 0.614. The van der Waals surface area contributed by atoms with Crippen molar-refractivity contribution in [3.05, 3.63) is 48.3 Å². The Kier molecular flexibility index (Phi) is 7.17. The van der Waals surface area contributed by atoms with Gasteiger partial charge < -0.3 is 54.0 Å². The molecule has 0 spiro atoms. The number of hydrogen-bond acceptors (Lipinski definition) is 12. The lowest BCUT2D eigenvalue weighted by Gasteiger charge is -2.69. The van der Waals surface area contributed by atoms with Crippen LogP contribution >= 0.6 is 0 Å². The average Bonchev–Trinajstić information content (AvgIpc) is 3.45. The van der Waals surface area contributed by atoms with Crippen LogP contribution in [0.5, 0.6) is 11.5 Å². The molecule has 6 N–H and O–H groups in total. The predicted octanol–water partition coefficient (Wildman–Crippen LogP) is 0.198. The number of aliphatic hydroxyl groups is 6. The molecule has 0 radical (unpaired) electrons. The van der Waals surface area contributed by atoms with Crippen LogP contribution in [-0.4, -0.2) is 99.3 Å². The molecule has 1 aromatic heterocycles. The summed E-state index contributed by atoms with van der Waals surface area (Å²) in [7, 11) is 1.39. The third kappa shape index (κ3) is 3.76. The normalized spacial score (nSPS) is 39.8. The molecule has 6 bridgehead atoms. The second-order valence-corrected chi connectivity index (χ2v) is 11.5. The number of fused-ring (bicyclic) bond motifs is 4. The molecule has 3 aliphatic carbocycles. The highest BCUT2D eigenvalue weighted by atomic mass is 16.7. The fourth-order valence-corrected chi connectivity index (χ4v) is 7.72. The van der Waals surface area contributed by atoms with Crippen LogP contribution in [-0.2, 0) is 20.7 Å². The van der Waals surface area contributed by atoms with Gasteiger partial charge in [0.1, 0.15) is 17.8 Å². The number of aryl methyl sites for hydroxylation is 1. The maximum atomic E-state index is 12.5. The third-order valence-corrected chi connectivity index (χ3v) is 9.65. The summed E-state index contributed by atoms with van der Waals surface area (Å²) >= 11 is 0. The Morgan fingerprint density at radius 3 is 2.57 bits per heavy atom. The molecule has 1 saturated heterocycles. The second kappa shape index (κ2) is 10.3. The maximum absolute atomic E-state index is 12.5. The van der Waals surface area contributed by atoms with Crippen molar-refractivity contribution in [2.75, 3.05) is 26.9 Å². The van der Waals surface area contributed by atoms with Gasteiger partial charge in [-0.1, -0.05) is 24.3 Å². The molecule has 1 aromatic carbocycles. The molecule has 12 heteroatoms. The molecule has 10 atom stereocenters. The van der Waals surface area contributed by atoms with Gasteiger partial charge in [0.2, 0.25) is 12.0 Å². The predicted molar refractivity (Wildman–Crippen MR) is 144 cm³/mol. The zero-order valence-electron chi connectivity index (χ0n) is 23.3. The van der Waals surface area contributed by atoms with E-state index in [2.05, 4.69) is 0 Å². The Labute approximate surface area is 241 Å². The van der Waals surface area contributed by atoms with Crippen LogP contribution < -0.4 is 9.47 Å². The molecule has 12 nitrogen and oxygen atoms in total. The van der Waals surface area contributed by atoms with Crippen LogP contribution in [0.4, 0.5) is 0 Å². The summed E-state index contributed by atoms with van der Waals surface area (Å²) < 4.78 is 28.9. The molecule has 2 heterocycles. The molecule has 0 unspecified atom stereocenters. The summed E-state index contributed by atoms with van der Waals surface area (Å²) in [5.41, 5.74) is -5.20. The molecule has 228 valence electrons. The fraction of sp³-hybridized carbons (Fsp3) is 0.567. The van der Waals surface area contributed by atoms with Crippen molar-refractivity contribution in [3.8, 4) is 11.5 Å². The fourth-order valence-electron chi connectivity index (χ4n) is 7.72. The van der Waals surface area contributed by atoms with Crippen molar-refractivity contribution < 1.29 is 58.8 Å². The Bertz CT molecular complexity index is 1420. The van der Waals surface area contributed by atoms with Gasteiger partial charge in [0.05, 0.1) is 39.3 Å². The molecule has 4 aliphatic rings. The van der Waals surface area contributed by atoms with Crippen molar-refractivity contribution in [1.29, 1.82) is 0 Å². The minimum atomic E-state index is -2.41. The molecule has 1 saturated carbocycles. The standard InChI is InChI=1S/C30H36O12/c1-3-39-21(34)7-4-15-12-16-9-11-40-22(16)24(38-2)23(15)42-27-30(37)25-17-5-6-19(33)28(25,14-32)10-8-18(17)29(36,26(30)35)20(13-31)41-27/h5-6,8-12,17-20,25-27,31-33,35-37H,3-4,7,13-14H2,1-2H3/t17-,18-,19+,20-,25+,26+,27-,28-,29+,30-/m1/s1. The van der Waals surface area contributed by atoms with E-state index in [0.717, 1.165) is 0 Å². The number of carbonyl (C=O) groups is 1. The minimum Gasteiger partial charge on any atom is -0.490 e. The number of ether oxygens (including phenoxy) is 4. The lowest BCUT2D eigenvalue weighted by molar-refractivity contribution is -0.408. The maximum Gasteiger partial charge on any atom is 0.306 e. The van der Waals surface area contributed by atoms with Crippen molar-refractivity contribution >= 4 is 16.9 Å². The number of hydrogen-bond donors (Lipinski definition) is 6. The summed E-state index contributed by atoms with van der Waals surface area (Å²) in [5.74, 6) is -2.81. The highest BCUT2D eigenvalue weighted by Gasteiger charge is 2.78.